The van der Waals surface area contributed by atoms with Crippen LogP contribution >= 0.6 is 11.8 Å². The average Bonchev–Trinajstić information content (AvgIpc) is 3.11. The Hall–Kier alpha value is -1.07. The molecular formula is C18H25FN2OS. The number of thioether (sulfide) groups is 1. The van der Waals surface area contributed by atoms with Crippen molar-refractivity contribution in [3.63, 3.8) is 0 Å². The second-order valence-corrected chi connectivity index (χ2v) is 7.87. The van der Waals surface area contributed by atoms with E-state index in [4.69, 9.17) is 0 Å². The molecular weight excluding hydrogens is 311 g/mol. The van der Waals surface area contributed by atoms with E-state index in [2.05, 4.69) is 10.2 Å². The van der Waals surface area contributed by atoms with Gasteiger partial charge in [-0.1, -0.05) is 18.2 Å². The van der Waals surface area contributed by atoms with E-state index in [1.165, 1.54) is 6.07 Å². The molecule has 1 N–H and O–H groups in total. The van der Waals surface area contributed by atoms with Crippen molar-refractivity contribution in [3.8, 4) is 0 Å². The summed E-state index contributed by atoms with van der Waals surface area (Å²) in [5, 5.41) is 3.31. The molecule has 2 aliphatic rings. The van der Waals surface area contributed by atoms with Gasteiger partial charge in [-0.25, -0.2) is 4.39 Å². The molecule has 2 heterocycles. The molecule has 2 aliphatic heterocycles. The Morgan fingerprint density at radius 1 is 1.26 bits per heavy atom. The van der Waals surface area contributed by atoms with E-state index in [9.17, 15) is 9.18 Å². The molecule has 5 heteroatoms. The lowest BCUT2D eigenvalue weighted by molar-refractivity contribution is -0.120. The first kappa shape index (κ1) is 16.8. The van der Waals surface area contributed by atoms with Crippen molar-refractivity contribution >= 4 is 17.7 Å². The first-order chi connectivity index (χ1) is 11.2. The maximum atomic E-state index is 13.7. The standard InChI is InChI=1S/C18H25FN2OS/c19-16-5-2-1-4-15(16)13-21-9-7-14(8-10-21)12-20-18(22)17-6-3-11-23-17/h1-2,4-5,14,17H,3,6-13H2,(H,20,22)/t17-/m1/s1. The zero-order valence-corrected chi connectivity index (χ0v) is 14.3. The van der Waals surface area contributed by atoms with E-state index in [-0.39, 0.29) is 17.0 Å². The van der Waals surface area contributed by atoms with E-state index >= 15 is 0 Å². The van der Waals surface area contributed by atoms with Crippen LogP contribution in [0.4, 0.5) is 4.39 Å². The van der Waals surface area contributed by atoms with Crippen molar-refractivity contribution in [2.45, 2.75) is 37.5 Å². The van der Waals surface area contributed by atoms with Crippen LogP contribution in [0.5, 0.6) is 0 Å². The number of hydrogen-bond acceptors (Lipinski definition) is 3. The van der Waals surface area contributed by atoms with Gasteiger partial charge in [0.25, 0.3) is 0 Å². The highest BCUT2D eigenvalue weighted by Crippen LogP contribution is 2.26. The molecule has 126 valence electrons. The molecule has 2 fully saturated rings. The highest BCUT2D eigenvalue weighted by molar-refractivity contribution is 8.00. The average molecular weight is 336 g/mol. The van der Waals surface area contributed by atoms with Crippen LogP contribution in [0.25, 0.3) is 0 Å². The Labute approximate surface area is 142 Å². The van der Waals surface area contributed by atoms with Crippen LogP contribution in [-0.4, -0.2) is 41.4 Å². The van der Waals surface area contributed by atoms with Gasteiger partial charge in [-0.15, -0.1) is 11.8 Å². The maximum absolute atomic E-state index is 13.7. The quantitative estimate of drug-likeness (QED) is 0.897. The van der Waals surface area contributed by atoms with Gasteiger partial charge in [-0.2, -0.15) is 0 Å². The van der Waals surface area contributed by atoms with Crippen molar-refractivity contribution in [1.82, 2.24) is 10.2 Å². The summed E-state index contributed by atoms with van der Waals surface area (Å²) in [6.07, 6.45) is 4.34. The minimum Gasteiger partial charge on any atom is -0.355 e. The Morgan fingerprint density at radius 2 is 2.04 bits per heavy atom. The van der Waals surface area contributed by atoms with Gasteiger partial charge in [-0.05, 0) is 56.5 Å². The van der Waals surface area contributed by atoms with Gasteiger partial charge in [-0.3, -0.25) is 9.69 Å². The van der Waals surface area contributed by atoms with Crippen LogP contribution < -0.4 is 5.32 Å². The zero-order valence-electron chi connectivity index (χ0n) is 13.5. The van der Waals surface area contributed by atoms with Crippen molar-refractivity contribution < 1.29 is 9.18 Å². The van der Waals surface area contributed by atoms with E-state index in [0.29, 0.717) is 12.5 Å². The molecule has 0 unspecified atom stereocenters. The molecule has 1 aromatic carbocycles. The molecule has 0 saturated carbocycles. The predicted octanol–water partition coefficient (Wildman–Crippen LogP) is 3.05. The third-order valence-electron chi connectivity index (χ3n) is 4.85. The molecule has 0 radical (unpaired) electrons. The first-order valence-corrected chi connectivity index (χ1v) is 9.62. The monoisotopic (exact) mass is 336 g/mol. The number of piperidine rings is 1. The summed E-state index contributed by atoms with van der Waals surface area (Å²) in [5.41, 5.74) is 0.775. The summed E-state index contributed by atoms with van der Waals surface area (Å²) in [4.78, 5) is 14.4. The van der Waals surface area contributed by atoms with E-state index in [1.807, 2.05) is 12.1 Å². The van der Waals surface area contributed by atoms with Gasteiger partial charge in [0.05, 0.1) is 5.25 Å². The number of benzene rings is 1. The highest BCUT2D eigenvalue weighted by atomic mass is 32.2. The fraction of sp³-hybridized carbons (Fsp3) is 0.611. The molecule has 1 amide bonds. The van der Waals surface area contributed by atoms with Crippen LogP contribution in [0.1, 0.15) is 31.2 Å². The van der Waals surface area contributed by atoms with Crippen molar-refractivity contribution in [2.24, 2.45) is 5.92 Å². The predicted molar refractivity (Wildman–Crippen MR) is 92.9 cm³/mol. The lowest BCUT2D eigenvalue weighted by Gasteiger charge is -2.32. The lowest BCUT2D eigenvalue weighted by Crippen LogP contribution is -2.40. The SMILES string of the molecule is O=C(NCC1CCN(Cc2ccccc2F)CC1)[C@H]1CCCS1. The Bertz CT molecular complexity index is 526. The number of hydrogen-bond donors (Lipinski definition) is 1. The normalized spacial score (nSPS) is 23.1. The van der Waals surface area contributed by atoms with Crippen molar-refractivity contribution in [3.05, 3.63) is 35.6 Å². The summed E-state index contributed by atoms with van der Waals surface area (Å²) in [5.74, 6) is 1.78. The largest absolute Gasteiger partial charge is 0.355 e. The van der Waals surface area contributed by atoms with E-state index in [1.54, 1.807) is 17.8 Å². The molecule has 0 aromatic heterocycles. The highest BCUT2D eigenvalue weighted by Gasteiger charge is 2.25. The van der Waals surface area contributed by atoms with Crippen molar-refractivity contribution in [1.29, 1.82) is 0 Å². The number of likely N-dealkylation sites (tertiary alicyclic amines) is 1. The number of nitrogens with zero attached hydrogens (tertiary/aromatic N) is 1. The third kappa shape index (κ3) is 4.70. The summed E-state index contributed by atoms with van der Waals surface area (Å²) < 4.78 is 13.7. The minimum atomic E-state index is -0.115. The van der Waals surface area contributed by atoms with Crippen molar-refractivity contribution in [2.75, 3.05) is 25.4 Å². The van der Waals surface area contributed by atoms with Crippen LogP contribution in [0, 0.1) is 11.7 Å². The van der Waals surface area contributed by atoms with Gasteiger partial charge in [0, 0.05) is 18.7 Å². The molecule has 1 aromatic rings. The van der Waals surface area contributed by atoms with Crippen LogP contribution in [0.2, 0.25) is 0 Å². The number of carbonyl (C=O) groups excluding carboxylic acids is 1. The Morgan fingerprint density at radius 3 is 2.74 bits per heavy atom. The Kier molecular flexibility index (Phi) is 5.95. The van der Waals surface area contributed by atoms with Gasteiger partial charge in [0.1, 0.15) is 5.82 Å². The van der Waals surface area contributed by atoms with Crippen LogP contribution in [0.15, 0.2) is 24.3 Å². The maximum Gasteiger partial charge on any atom is 0.233 e. The van der Waals surface area contributed by atoms with Gasteiger partial charge in [0.2, 0.25) is 5.91 Å². The lowest BCUT2D eigenvalue weighted by atomic mass is 9.96. The zero-order chi connectivity index (χ0) is 16.1. The molecule has 1 atom stereocenters. The number of amides is 1. The van der Waals surface area contributed by atoms with Crippen LogP contribution in [0.3, 0.4) is 0 Å². The molecule has 3 nitrogen and oxygen atoms in total. The minimum absolute atomic E-state index is 0.115. The number of carbonyl (C=O) groups is 1. The fourth-order valence-electron chi connectivity index (χ4n) is 3.36. The van der Waals surface area contributed by atoms with Crippen LogP contribution in [-0.2, 0) is 11.3 Å². The summed E-state index contributed by atoms with van der Waals surface area (Å²) in [6, 6.07) is 7.01. The second-order valence-electron chi connectivity index (χ2n) is 6.56. The Balaban J connectivity index is 1.38. The fourth-order valence-corrected chi connectivity index (χ4v) is 4.55. The molecule has 0 aliphatic carbocycles. The molecule has 0 bridgehead atoms. The number of halogens is 1. The topological polar surface area (TPSA) is 32.3 Å². The van der Waals surface area contributed by atoms with E-state index in [0.717, 1.165) is 56.6 Å². The first-order valence-electron chi connectivity index (χ1n) is 8.57. The number of rotatable bonds is 5. The van der Waals surface area contributed by atoms with Gasteiger partial charge < -0.3 is 5.32 Å². The molecule has 23 heavy (non-hydrogen) atoms. The molecule has 2 saturated heterocycles. The van der Waals surface area contributed by atoms with Gasteiger partial charge in [0.15, 0.2) is 0 Å². The molecule has 3 rings (SSSR count). The van der Waals surface area contributed by atoms with Gasteiger partial charge >= 0.3 is 0 Å². The summed E-state index contributed by atoms with van der Waals surface area (Å²) in [7, 11) is 0. The van der Waals surface area contributed by atoms with E-state index < -0.39 is 0 Å². The summed E-state index contributed by atoms with van der Waals surface area (Å²) in [6.45, 7) is 3.44. The smallest absolute Gasteiger partial charge is 0.233 e. The third-order valence-corrected chi connectivity index (χ3v) is 6.22. The second kappa shape index (κ2) is 8.15. The number of nitrogens with one attached hydrogen (secondary N) is 1. The molecule has 0 spiro atoms. The summed E-state index contributed by atoms with van der Waals surface area (Å²) >= 11 is 1.78.